The van der Waals surface area contributed by atoms with Crippen molar-refractivity contribution in [1.82, 2.24) is 5.32 Å². The molecule has 1 atom stereocenters. The van der Waals surface area contributed by atoms with Gasteiger partial charge in [-0.3, -0.25) is 0 Å². The number of hydrogen-bond acceptors (Lipinski definition) is 2. The van der Waals surface area contributed by atoms with Gasteiger partial charge in [0.15, 0.2) is 0 Å². The van der Waals surface area contributed by atoms with Crippen molar-refractivity contribution < 1.29 is 0 Å². The largest absolute Gasteiger partial charge is 0.371 e. The van der Waals surface area contributed by atoms with Gasteiger partial charge in [-0.25, -0.2) is 0 Å². The Morgan fingerprint density at radius 3 is 2.68 bits per heavy atom. The number of para-hydroxylation sites is 1. The summed E-state index contributed by atoms with van der Waals surface area (Å²) >= 11 is 0. The average Bonchev–Trinajstić information content (AvgIpc) is 2.84. The van der Waals surface area contributed by atoms with Gasteiger partial charge in [0.05, 0.1) is 0 Å². The van der Waals surface area contributed by atoms with Crippen LogP contribution in [-0.4, -0.2) is 25.2 Å². The summed E-state index contributed by atoms with van der Waals surface area (Å²) in [7, 11) is 0. The van der Waals surface area contributed by atoms with Crippen LogP contribution in [0.2, 0.25) is 0 Å². The van der Waals surface area contributed by atoms with Gasteiger partial charge < -0.3 is 10.2 Å². The number of aryl methyl sites for hydroxylation is 1. The third kappa shape index (κ3) is 3.97. The van der Waals surface area contributed by atoms with Crippen LogP contribution in [0.15, 0.2) is 24.3 Å². The summed E-state index contributed by atoms with van der Waals surface area (Å²) < 4.78 is 0. The van der Waals surface area contributed by atoms with Gasteiger partial charge in [-0.15, -0.1) is 0 Å². The minimum absolute atomic E-state index is 0.231. The molecule has 0 saturated carbocycles. The molecular formula is C17H28N2. The molecule has 1 saturated heterocycles. The van der Waals surface area contributed by atoms with E-state index in [0.717, 1.165) is 18.9 Å². The molecule has 1 aliphatic rings. The first-order valence-corrected chi connectivity index (χ1v) is 7.57. The lowest BCUT2D eigenvalue weighted by Crippen LogP contribution is -2.39. The molecule has 0 aliphatic carbocycles. The fourth-order valence-corrected chi connectivity index (χ4v) is 2.79. The van der Waals surface area contributed by atoms with Crippen LogP contribution in [0.3, 0.4) is 0 Å². The molecule has 2 nitrogen and oxygen atoms in total. The van der Waals surface area contributed by atoms with E-state index in [2.05, 4.69) is 62.2 Å². The van der Waals surface area contributed by atoms with E-state index in [-0.39, 0.29) is 5.54 Å². The van der Waals surface area contributed by atoms with Crippen molar-refractivity contribution in [3.63, 3.8) is 0 Å². The first-order chi connectivity index (χ1) is 8.99. The van der Waals surface area contributed by atoms with Gasteiger partial charge in [0.25, 0.3) is 0 Å². The molecule has 0 aromatic heterocycles. The van der Waals surface area contributed by atoms with Crippen molar-refractivity contribution in [2.24, 2.45) is 5.92 Å². The lowest BCUT2D eigenvalue weighted by molar-refractivity contribution is 0.383. The minimum Gasteiger partial charge on any atom is -0.371 e. The van der Waals surface area contributed by atoms with Gasteiger partial charge in [-0.05, 0) is 51.2 Å². The van der Waals surface area contributed by atoms with Crippen molar-refractivity contribution in [3.8, 4) is 0 Å². The maximum atomic E-state index is 3.64. The van der Waals surface area contributed by atoms with Gasteiger partial charge >= 0.3 is 0 Å². The first-order valence-electron chi connectivity index (χ1n) is 7.57. The molecule has 1 fully saturated rings. The smallest absolute Gasteiger partial charge is 0.0398 e. The van der Waals surface area contributed by atoms with Crippen molar-refractivity contribution in [1.29, 1.82) is 0 Å². The zero-order valence-electron chi connectivity index (χ0n) is 12.9. The Kier molecular flexibility index (Phi) is 4.51. The Morgan fingerprint density at radius 1 is 1.26 bits per heavy atom. The van der Waals surface area contributed by atoms with Gasteiger partial charge in [0.2, 0.25) is 0 Å². The molecule has 0 amide bonds. The van der Waals surface area contributed by atoms with Crippen LogP contribution in [0.25, 0.3) is 0 Å². The number of benzene rings is 1. The van der Waals surface area contributed by atoms with E-state index < -0.39 is 0 Å². The van der Waals surface area contributed by atoms with E-state index in [0.29, 0.717) is 0 Å². The highest BCUT2D eigenvalue weighted by Gasteiger charge is 2.24. The Balaban J connectivity index is 1.94. The highest BCUT2D eigenvalue weighted by molar-refractivity contribution is 5.54. The molecule has 2 heteroatoms. The summed E-state index contributed by atoms with van der Waals surface area (Å²) in [6.07, 6.45) is 2.43. The summed E-state index contributed by atoms with van der Waals surface area (Å²) in [6.45, 7) is 12.5. The molecular weight excluding hydrogens is 232 g/mol. The van der Waals surface area contributed by atoms with Gasteiger partial charge in [0, 0.05) is 30.9 Å². The van der Waals surface area contributed by atoms with Crippen LogP contribution in [-0.2, 0) is 6.42 Å². The van der Waals surface area contributed by atoms with E-state index in [4.69, 9.17) is 0 Å². The van der Waals surface area contributed by atoms with Crippen molar-refractivity contribution in [3.05, 3.63) is 29.8 Å². The van der Waals surface area contributed by atoms with Crippen LogP contribution in [0.5, 0.6) is 0 Å². The van der Waals surface area contributed by atoms with Gasteiger partial charge in [-0.2, -0.15) is 0 Å². The van der Waals surface area contributed by atoms with E-state index in [1.165, 1.54) is 30.8 Å². The SMILES string of the molecule is CCc1ccccc1N1CCC(CNC(C)(C)C)C1. The maximum Gasteiger partial charge on any atom is 0.0398 e. The second-order valence-corrected chi connectivity index (χ2v) is 6.71. The third-order valence-electron chi connectivity index (χ3n) is 3.92. The lowest BCUT2D eigenvalue weighted by atomic mass is 10.1. The molecule has 1 heterocycles. The predicted octanol–water partition coefficient (Wildman–Crippen LogP) is 3.46. The third-order valence-corrected chi connectivity index (χ3v) is 3.92. The monoisotopic (exact) mass is 260 g/mol. The topological polar surface area (TPSA) is 15.3 Å². The Hall–Kier alpha value is -1.02. The molecule has 1 N–H and O–H groups in total. The first kappa shape index (κ1) is 14.4. The predicted molar refractivity (Wildman–Crippen MR) is 83.9 cm³/mol. The molecule has 1 aromatic rings. The molecule has 0 spiro atoms. The summed E-state index contributed by atoms with van der Waals surface area (Å²) in [5, 5.41) is 3.64. The Labute approximate surface area is 118 Å². The normalized spacial score (nSPS) is 20.0. The number of nitrogens with one attached hydrogen (secondary N) is 1. The second-order valence-electron chi connectivity index (χ2n) is 6.71. The summed E-state index contributed by atoms with van der Waals surface area (Å²) in [5.41, 5.74) is 3.16. The molecule has 1 aromatic carbocycles. The van der Waals surface area contributed by atoms with Crippen molar-refractivity contribution >= 4 is 5.69 Å². The number of hydrogen-bond donors (Lipinski definition) is 1. The van der Waals surface area contributed by atoms with Crippen LogP contribution < -0.4 is 10.2 Å². The van der Waals surface area contributed by atoms with Crippen LogP contribution in [0.1, 0.15) is 39.7 Å². The fraction of sp³-hybridized carbons (Fsp3) is 0.647. The quantitative estimate of drug-likeness (QED) is 0.892. The number of nitrogens with zero attached hydrogens (tertiary/aromatic N) is 1. The van der Waals surface area contributed by atoms with E-state index in [1.807, 2.05) is 0 Å². The van der Waals surface area contributed by atoms with Crippen molar-refractivity contribution in [2.45, 2.75) is 46.1 Å². The maximum absolute atomic E-state index is 3.64. The van der Waals surface area contributed by atoms with E-state index in [1.54, 1.807) is 0 Å². The number of anilines is 1. The van der Waals surface area contributed by atoms with Crippen molar-refractivity contribution in [2.75, 3.05) is 24.5 Å². The van der Waals surface area contributed by atoms with Crippen LogP contribution in [0, 0.1) is 5.92 Å². The molecule has 1 aliphatic heterocycles. The molecule has 0 radical (unpaired) electrons. The number of rotatable bonds is 4. The Bertz CT molecular complexity index is 406. The highest BCUT2D eigenvalue weighted by atomic mass is 15.2. The molecule has 0 bridgehead atoms. The average molecular weight is 260 g/mol. The van der Waals surface area contributed by atoms with Gasteiger partial charge in [0.1, 0.15) is 0 Å². The van der Waals surface area contributed by atoms with Crippen LogP contribution >= 0.6 is 0 Å². The second kappa shape index (κ2) is 5.96. The fourth-order valence-electron chi connectivity index (χ4n) is 2.79. The van der Waals surface area contributed by atoms with E-state index in [9.17, 15) is 0 Å². The zero-order valence-corrected chi connectivity index (χ0v) is 12.9. The molecule has 106 valence electrons. The van der Waals surface area contributed by atoms with E-state index >= 15 is 0 Å². The zero-order chi connectivity index (χ0) is 13.9. The summed E-state index contributed by atoms with van der Waals surface area (Å²) in [6, 6.07) is 8.85. The van der Waals surface area contributed by atoms with Crippen LogP contribution in [0.4, 0.5) is 5.69 Å². The molecule has 1 unspecified atom stereocenters. The lowest BCUT2D eigenvalue weighted by Gasteiger charge is -2.24. The highest BCUT2D eigenvalue weighted by Crippen LogP contribution is 2.27. The molecule has 19 heavy (non-hydrogen) atoms. The minimum atomic E-state index is 0.231. The standard InChI is InChI=1S/C17H28N2/c1-5-15-8-6-7-9-16(15)19-11-10-14(13-19)12-18-17(2,3)4/h6-9,14,18H,5,10-13H2,1-4H3. The van der Waals surface area contributed by atoms with Gasteiger partial charge in [-0.1, -0.05) is 25.1 Å². The molecule has 2 rings (SSSR count). The Morgan fingerprint density at radius 2 is 2.00 bits per heavy atom. The summed E-state index contributed by atoms with van der Waals surface area (Å²) in [5.74, 6) is 0.782. The summed E-state index contributed by atoms with van der Waals surface area (Å²) in [4.78, 5) is 2.56.